The van der Waals surface area contributed by atoms with E-state index < -0.39 is 23.9 Å². The molecule has 4 rings (SSSR count). The number of amides is 2. The molecule has 2 aromatic carbocycles. The predicted octanol–water partition coefficient (Wildman–Crippen LogP) is 4.14. The number of hydrogen-bond donors (Lipinski definition) is 1. The zero-order valence-electron chi connectivity index (χ0n) is 18.5. The molecule has 1 unspecified atom stereocenters. The first-order valence-electron chi connectivity index (χ1n) is 10.3. The molecule has 3 aromatic rings. The Morgan fingerprint density at radius 1 is 1.23 bits per heavy atom. The zero-order chi connectivity index (χ0) is 25.3. The third-order valence-corrected chi connectivity index (χ3v) is 5.32. The van der Waals surface area contributed by atoms with Crippen LogP contribution in [0.3, 0.4) is 0 Å². The summed E-state index contributed by atoms with van der Waals surface area (Å²) in [5.41, 5.74) is 0.973. The molecule has 0 saturated carbocycles. The second kappa shape index (κ2) is 9.02. The Morgan fingerprint density at radius 2 is 1.94 bits per heavy atom. The molecule has 9 nitrogen and oxygen atoms in total. The third-order valence-electron chi connectivity index (χ3n) is 5.32. The highest BCUT2D eigenvalue weighted by molar-refractivity contribution is 6.13. The number of nitrogens with zero attached hydrogens (tertiary/aromatic N) is 4. The molecule has 35 heavy (non-hydrogen) atoms. The Balaban J connectivity index is 1.59. The van der Waals surface area contributed by atoms with Gasteiger partial charge in [-0.1, -0.05) is 0 Å². The number of ether oxygens (including phenoxy) is 2. The number of fused-ring (bicyclic) bond motifs is 1. The van der Waals surface area contributed by atoms with E-state index in [0.29, 0.717) is 11.4 Å². The van der Waals surface area contributed by atoms with Crippen molar-refractivity contribution in [3.05, 3.63) is 65.5 Å². The Labute approximate surface area is 197 Å². The molecule has 2 amide bonds. The topological polar surface area (TPSA) is 109 Å². The SMILES string of the molecule is COc1ccc(C(=O)Nc2cnn3c2C(=O)N(c2ccc(OC(F)(F)F)cc2)CC3C)cc1C#N. The van der Waals surface area contributed by atoms with E-state index in [1.54, 1.807) is 0 Å². The minimum atomic E-state index is -4.82. The van der Waals surface area contributed by atoms with Crippen molar-refractivity contribution in [2.45, 2.75) is 19.3 Å². The Morgan fingerprint density at radius 3 is 2.57 bits per heavy atom. The van der Waals surface area contributed by atoms with Crippen LogP contribution in [0, 0.1) is 11.3 Å². The molecule has 1 aromatic heterocycles. The van der Waals surface area contributed by atoms with Crippen LogP contribution in [0.1, 0.15) is 39.4 Å². The second-order valence-electron chi connectivity index (χ2n) is 7.64. The molecule has 0 saturated heterocycles. The normalized spacial score (nSPS) is 15.3. The average molecular weight is 485 g/mol. The first-order valence-corrected chi connectivity index (χ1v) is 10.3. The van der Waals surface area contributed by atoms with E-state index in [2.05, 4.69) is 15.2 Å². The molecule has 180 valence electrons. The van der Waals surface area contributed by atoms with Gasteiger partial charge >= 0.3 is 6.36 Å². The van der Waals surface area contributed by atoms with E-state index in [1.165, 1.54) is 53.2 Å². The fraction of sp³-hybridized carbons (Fsp3) is 0.217. The van der Waals surface area contributed by atoms with Gasteiger partial charge in [0.1, 0.15) is 17.6 Å². The van der Waals surface area contributed by atoms with Crippen LogP contribution in [0.15, 0.2) is 48.7 Å². The van der Waals surface area contributed by atoms with Crippen molar-refractivity contribution in [1.82, 2.24) is 9.78 Å². The highest BCUT2D eigenvalue weighted by atomic mass is 19.4. The van der Waals surface area contributed by atoms with Gasteiger partial charge < -0.3 is 19.7 Å². The summed E-state index contributed by atoms with van der Waals surface area (Å²) in [6.45, 7) is 2.02. The van der Waals surface area contributed by atoms with Crippen molar-refractivity contribution in [3.8, 4) is 17.6 Å². The highest BCUT2D eigenvalue weighted by Gasteiger charge is 2.35. The Bertz CT molecular complexity index is 1330. The molecule has 0 fully saturated rings. The summed E-state index contributed by atoms with van der Waals surface area (Å²) in [5, 5.41) is 16.1. The van der Waals surface area contributed by atoms with Crippen LogP contribution in [-0.2, 0) is 0 Å². The predicted molar refractivity (Wildman–Crippen MR) is 117 cm³/mol. The summed E-state index contributed by atoms with van der Waals surface area (Å²) in [4.78, 5) is 27.5. The van der Waals surface area contributed by atoms with Gasteiger partial charge in [0.25, 0.3) is 11.8 Å². The van der Waals surface area contributed by atoms with Gasteiger partial charge in [-0.05, 0) is 49.4 Å². The van der Waals surface area contributed by atoms with Crippen LogP contribution in [-0.4, -0.2) is 41.6 Å². The van der Waals surface area contributed by atoms with Crippen LogP contribution in [0.5, 0.6) is 11.5 Å². The monoisotopic (exact) mass is 485 g/mol. The minimum absolute atomic E-state index is 0.113. The smallest absolute Gasteiger partial charge is 0.495 e. The van der Waals surface area contributed by atoms with Crippen LogP contribution in [0.2, 0.25) is 0 Å². The van der Waals surface area contributed by atoms with Gasteiger partial charge in [0.2, 0.25) is 0 Å². The summed E-state index contributed by atoms with van der Waals surface area (Å²) >= 11 is 0. The van der Waals surface area contributed by atoms with Gasteiger partial charge in [-0.3, -0.25) is 14.3 Å². The maximum Gasteiger partial charge on any atom is 0.573 e. The largest absolute Gasteiger partial charge is 0.573 e. The van der Waals surface area contributed by atoms with Gasteiger partial charge in [0.15, 0.2) is 5.69 Å². The fourth-order valence-corrected chi connectivity index (χ4v) is 3.73. The molecular weight excluding hydrogens is 467 g/mol. The number of methoxy groups -OCH3 is 1. The van der Waals surface area contributed by atoms with Gasteiger partial charge in [0.05, 0.1) is 30.6 Å². The van der Waals surface area contributed by atoms with E-state index in [1.807, 2.05) is 13.0 Å². The number of benzene rings is 2. The number of hydrogen-bond acceptors (Lipinski definition) is 6. The van der Waals surface area contributed by atoms with Crippen LogP contribution < -0.4 is 19.7 Å². The lowest BCUT2D eigenvalue weighted by atomic mass is 10.1. The van der Waals surface area contributed by atoms with E-state index in [9.17, 15) is 28.0 Å². The summed E-state index contributed by atoms with van der Waals surface area (Å²) in [5.74, 6) is -1.15. The molecule has 1 aliphatic heterocycles. The van der Waals surface area contributed by atoms with Gasteiger partial charge in [0, 0.05) is 17.8 Å². The highest BCUT2D eigenvalue weighted by Crippen LogP contribution is 2.32. The average Bonchev–Trinajstić information content (AvgIpc) is 3.25. The lowest BCUT2D eigenvalue weighted by Crippen LogP contribution is -2.43. The molecule has 0 bridgehead atoms. The molecular formula is C23H18F3N5O4. The van der Waals surface area contributed by atoms with E-state index >= 15 is 0 Å². The molecule has 1 aliphatic rings. The van der Waals surface area contributed by atoms with Crippen molar-refractivity contribution in [3.63, 3.8) is 0 Å². The second-order valence-corrected chi connectivity index (χ2v) is 7.64. The van der Waals surface area contributed by atoms with E-state index in [0.717, 1.165) is 12.1 Å². The standard InChI is InChI=1S/C23H18F3N5O4/c1-13-12-30(16-4-6-17(7-5-16)35-23(24,25)26)22(33)20-18(11-28-31(13)20)29-21(32)14-3-8-19(34-2)15(9-14)10-27/h3-9,11,13H,12H2,1-2H3,(H,29,32). The first-order chi connectivity index (χ1) is 16.6. The number of nitrogens with one attached hydrogen (secondary N) is 1. The van der Waals surface area contributed by atoms with Crippen LogP contribution in [0.4, 0.5) is 24.5 Å². The molecule has 2 heterocycles. The summed E-state index contributed by atoms with van der Waals surface area (Å²) in [6, 6.07) is 10.9. The third kappa shape index (κ3) is 4.74. The lowest BCUT2D eigenvalue weighted by Gasteiger charge is -2.32. The lowest BCUT2D eigenvalue weighted by molar-refractivity contribution is -0.274. The molecule has 0 radical (unpaired) electrons. The van der Waals surface area contributed by atoms with Gasteiger partial charge in [-0.25, -0.2) is 0 Å². The maximum atomic E-state index is 13.3. The number of anilines is 2. The van der Waals surface area contributed by atoms with Crippen molar-refractivity contribution in [2.75, 3.05) is 23.9 Å². The number of nitriles is 1. The number of aromatic nitrogens is 2. The first kappa shape index (κ1) is 23.6. The fourth-order valence-electron chi connectivity index (χ4n) is 3.73. The number of carbonyl (C=O) groups excluding carboxylic acids is 2. The zero-order valence-corrected chi connectivity index (χ0v) is 18.5. The summed E-state index contributed by atoms with van der Waals surface area (Å²) < 4.78 is 47.8. The summed E-state index contributed by atoms with van der Waals surface area (Å²) in [7, 11) is 1.41. The maximum absolute atomic E-state index is 13.3. The number of rotatable bonds is 5. The van der Waals surface area contributed by atoms with Crippen molar-refractivity contribution < 1.29 is 32.2 Å². The van der Waals surface area contributed by atoms with Crippen molar-refractivity contribution in [1.29, 1.82) is 5.26 Å². The Hall–Kier alpha value is -4.53. The van der Waals surface area contributed by atoms with Crippen LogP contribution >= 0.6 is 0 Å². The van der Waals surface area contributed by atoms with Crippen LogP contribution in [0.25, 0.3) is 0 Å². The van der Waals surface area contributed by atoms with Gasteiger partial charge in [-0.2, -0.15) is 10.4 Å². The Kier molecular flexibility index (Phi) is 6.09. The molecule has 0 spiro atoms. The number of halogens is 3. The van der Waals surface area contributed by atoms with Crippen molar-refractivity contribution in [2.24, 2.45) is 0 Å². The molecule has 1 atom stereocenters. The van der Waals surface area contributed by atoms with Crippen molar-refractivity contribution >= 4 is 23.2 Å². The van der Waals surface area contributed by atoms with E-state index in [4.69, 9.17) is 4.74 Å². The quantitative estimate of drug-likeness (QED) is 0.582. The molecule has 12 heteroatoms. The number of carbonyl (C=O) groups is 2. The van der Waals surface area contributed by atoms with Gasteiger partial charge in [-0.15, -0.1) is 13.2 Å². The minimum Gasteiger partial charge on any atom is -0.495 e. The molecule has 1 N–H and O–H groups in total. The van der Waals surface area contributed by atoms with E-state index in [-0.39, 0.29) is 35.1 Å². The number of alkyl halides is 3. The summed E-state index contributed by atoms with van der Waals surface area (Å²) in [6.07, 6.45) is -3.48. The molecule has 0 aliphatic carbocycles.